The molecule has 0 saturated carbocycles. The van der Waals surface area contributed by atoms with Crippen LogP contribution in [0.25, 0.3) is 11.2 Å². The van der Waals surface area contributed by atoms with Crippen LogP contribution >= 0.6 is 11.8 Å². The van der Waals surface area contributed by atoms with Crippen LogP contribution < -0.4 is 5.56 Å². The highest BCUT2D eigenvalue weighted by molar-refractivity contribution is 8.02. The van der Waals surface area contributed by atoms with Gasteiger partial charge < -0.3 is 9.97 Å². The van der Waals surface area contributed by atoms with Crippen LogP contribution in [0.1, 0.15) is 10.4 Å². The van der Waals surface area contributed by atoms with Gasteiger partial charge in [0.1, 0.15) is 0 Å². The Morgan fingerprint density at radius 1 is 1.24 bits per heavy atom. The molecule has 2 N–H and O–H groups in total. The molecule has 0 bridgehead atoms. The monoisotopic (exact) mass is 298 g/mol. The van der Waals surface area contributed by atoms with Crippen LogP contribution in [-0.2, 0) is 0 Å². The fraction of sp³-hybridized carbons (Fsp3) is 0. The van der Waals surface area contributed by atoms with Crippen molar-refractivity contribution in [1.29, 1.82) is 0 Å². The predicted octanol–water partition coefficient (Wildman–Crippen LogP) is 2.13. The molecule has 104 valence electrons. The van der Waals surface area contributed by atoms with E-state index in [1.165, 1.54) is 24.2 Å². The quantitative estimate of drug-likeness (QED) is 0.437. The van der Waals surface area contributed by atoms with Gasteiger partial charge in [0.15, 0.2) is 22.1 Å². The molecule has 0 atom stereocenters. The van der Waals surface area contributed by atoms with Crippen LogP contribution in [0.15, 0.2) is 58.1 Å². The summed E-state index contributed by atoms with van der Waals surface area (Å²) in [5.74, 6) is -0.0878. The minimum absolute atomic E-state index is 0.0878. The zero-order valence-corrected chi connectivity index (χ0v) is 11.6. The third-order valence-electron chi connectivity index (χ3n) is 2.73. The molecule has 0 amide bonds. The molecule has 0 saturated heterocycles. The zero-order chi connectivity index (χ0) is 14.7. The number of ketones is 1. The van der Waals surface area contributed by atoms with E-state index in [4.69, 9.17) is 0 Å². The predicted molar refractivity (Wildman–Crippen MR) is 80.3 cm³/mol. The number of carbonyl (C=O) groups excluding carboxylic acids is 1. The number of nitrogens with zero attached hydrogens (tertiary/aromatic N) is 2. The highest BCUT2D eigenvalue weighted by Gasteiger charge is 2.06. The number of benzene rings is 1. The van der Waals surface area contributed by atoms with E-state index in [0.717, 1.165) is 0 Å². The van der Waals surface area contributed by atoms with E-state index in [1.807, 2.05) is 18.2 Å². The molecule has 2 aromatic heterocycles. The van der Waals surface area contributed by atoms with Crippen molar-refractivity contribution in [3.63, 3.8) is 0 Å². The molecule has 0 unspecified atom stereocenters. The molecule has 0 radical (unpaired) electrons. The first-order valence-electron chi connectivity index (χ1n) is 6.10. The van der Waals surface area contributed by atoms with Crippen LogP contribution in [0.2, 0.25) is 0 Å². The van der Waals surface area contributed by atoms with E-state index in [2.05, 4.69) is 19.9 Å². The fourth-order valence-electron chi connectivity index (χ4n) is 1.73. The van der Waals surface area contributed by atoms with Crippen molar-refractivity contribution >= 4 is 28.7 Å². The van der Waals surface area contributed by atoms with Gasteiger partial charge >= 0.3 is 0 Å². The summed E-state index contributed by atoms with van der Waals surface area (Å²) in [7, 11) is 0. The molecule has 21 heavy (non-hydrogen) atoms. The summed E-state index contributed by atoms with van der Waals surface area (Å²) in [4.78, 5) is 36.8. The molecule has 0 aliphatic carbocycles. The Hall–Kier alpha value is -2.67. The molecule has 7 heteroatoms. The summed E-state index contributed by atoms with van der Waals surface area (Å²) in [6, 6.07) is 8.98. The summed E-state index contributed by atoms with van der Waals surface area (Å²) in [6.07, 6.45) is 2.76. The van der Waals surface area contributed by atoms with Crippen molar-refractivity contribution in [2.45, 2.75) is 5.16 Å². The van der Waals surface area contributed by atoms with Crippen molar-refractivity contribution in [3.8, 4) is 0 Å². The van der Waals surface area contributed by atoms with E-state index in [1.54, 1.807) is 17.5 Å². The number of aromatic amines is 2. The fourth-order valence-corrected chi connectivity index (χ4v) is 2.35. The Labute approximate surface area is 123 Å². The van der Waals surface area contributed by atoms with Crippen molar-refractivity contribution in [2.75, 3.05) is 0 Å². The average molecular weight is 298 g/mol. The second kappa shape index (κ2) is 5.76. The van der Waals surface area contributed by atoms with Crippen LogP contribution in [-0.4, -0.2) is 25.7 Å². The van der Waals surface area contributed by atoms with E-state index < -0.39 is 0 Å². The minimum Gasteiger partial charge on any atom is -0.327 e. The number of hydrogen-bond acceptors (Lipinski definition) is 5. The smallest absolute Gasteiger partial charge is 0.276 e. The van der Waals surface area contributed by atoms with Gasteiger partial charge in [0, 0.05) is 5.56 Å². The van der Waals surface area contributed by atoms with Crippen LogP contribution in [0.3, 0.4) is 0 Å². The van der Waals surface area contributed by atoms with Crippen LogP contribution in [0.4, 0.5) is 0 Å². The zero-order valence-electron chi connectivity index (χ0n) is 10.7. The third kappa shape index (κ3) is 2.92. The summed E-state index contributed by atoms with van der Waals surface area (Å²) in [6.45, 7) is 0. The first-order valence-corrected chi connectivity index (χ1v) is 6.98. The number of aromatic nitrogens is 4. The van der Waals surface area contributed by atoms with Crippen molar-refractivity contribution in [2.24, 2.45) is 0 Å². The third-order valence-corrected chi connectivity index (χ3v) is 3.42. The maximum Gasteiger partial charge on any atom is 0.276 e. The van der Waals surface area contributed by atoms with E-state index in [0.29, 0.717) is 21.9 Å². The molecule has 3 aromatic rings. The summed E-state index contributed by atoms with van der Waals surface area (Å²) in [5, 5.41) is 2.13. The normalized spacial score (nSPS) is 11.2. The van der Waals surface area contributed by atoms with Gasteiger partial charge in [-0.3, -0.25) is 9.59 Å². The highest BCUT2D eigenvalue weighted by atomic mass is 32.2. The van der Waals surface area contributed by atoms with Gasteiger partial charge in [-0.25, -0.2) is 9.97 Å². The number of thioether (sulfide) groups is 1. The van der Waals surface area contributed by atoms with Crippen molar-refractivity contribution < 1.29 is 4.79 Å². The summed E-state index contributed by atoms with van der Waals surface area (Å²) in [5.41, 5.74) is 1.02. The number of nitrogens with one attached hydrogen (secondary N) is 2. The van der Waals surface area contributed by atoms with Gasteiger partial charge in [0.25, 0.3) is 5.56 Å². The molecule has 0 fully saturated rings. The van der Waals surface area contributed by atoms with Crippen LogP contribution in [0.5, 0.6) is 0 Å². The second-order valence-electron chi connectivity index (χ2n) is 4.12. The van der Waals surface area contributed by atoms with Gasteiger partial charge in [-0.15, -0.1) is 0 Å². The largest absolute Gasteiger partial charge is 0.327 e. The Bertz CT molecular complexity index is 867. The Balaban J connectivity index is 1.74. The molecule has 3 rings (SSSR count). The average Bonchev–Trinajstić information content (AvgIpc) is 2.92. The Morgan fingerprint density at radius 2 is 2.05 bits per heavy atom. The van der Waals surface area contributed by atoms with Gasteiger partial charge in [0.2, 0.25) is 0 Å². The van der Waals surface area contributed by atoms with E-state index >= 15 is 0 Å². The number of carbonyl (C=O) groups is 1. The van der Waals surface area contributed by atoms with Crippen LogP contribution in [0, 0.1) is 0 Å². The standard InChI is InChI=1S/C14H10N4O2S/c19-10(9-4-2-1-3-5-9)6-7-21-14-17-11-12(18-14)15-8-16-13(11)20/h1-8H,(H2,15,16,17,18,20)/b7-6-. The van der Waals surface area contributed by atoms with E-state index in [9.17, 15) is 9.59 Å². The summed E-state index contributed by atoms with van der Waals surface area (Å²) >= 11 is 1.22. The molecule has 2 heterocycles. The molecular formula is C14H10N4O2S. The van der Waals surface area contributed by atoms with E-state index in [-0.39, 0.29) is 11.3 Å². The van der Waals surface area contributed by atoms with Gasteiger partial charge in [-0.05, 0) is 11.5 Å². The molecule has 6 nitrogen and oxygen atoms in total. The lowest BCUT2D eigenvalue weighted by atomic mass is 10.1. The molecule has 0 aliphatic heterocycles. The molecule has 1 aromatic carbocycles. The van der Waals surface area contributed by atoms with Crippen molar-refractivity contribution in [3.05, 3.63) is 64.1 Å². The molecule has 0 spiro atoms. The number of H-pyrrole nitrogens is 2. The number of hydrogen-bond donors (Lipinski definition) is 2. The van der Waals surface area contributed by atoms with Gasteiger partial charge in [-0.2, -0.15) is 0 Å². The number of rotatable bonds is 4. The topological polar surface area (TPSA) is 91.5 Å². The minimum atomic E-state index is -0.274. The SMILES string of the molecule is O=C(/C=C\Sc1nc2nc[nH]c(=O)c2[nH]1)c1ccccc1. The first kappa shape index (κ1) is 13.3. The molecular weight excluding hydrogens is 288 g/mol. The Morgan fingerprint density at radius 3 is 2.81 bits per heavy atom. The maximum atomic E-state index is 11.9. The number of allylic oxidation sites excluding steroid dienone is 1. The maximum absolute atomic E-state index is 11.9. The first-order chi connectivity index (χ1) is 10.2. The highest BCUT2D eigenvalue weighted by Crippen LogP contribution is 2.17. The number of fused-ring (bicyclic) bond motifs is 1. The summed E-state index contributed by atoms with van der Waals surface area (Å²) < 4.78 is 0. The lowest BCUT2D eigenvalue weighted by molar-refractivity contribution is 0.104. The van der Waals surface area contributed by atoms with Gasteiger partial charge in [0.05, 0.1) is 6.33 Å². The molecule has 0 aliphatic rings. The lowest BCUT2D eigenvalue weighted by Crippen LogP contribution is -2.05. The lowest BCUT2D eigenvalue weighted by Gasteiger charge is -1.93. The van der Waals surface area contributed by atoms with Gasteiger partial charge in [-0.1, -0.05) is 42.1 Å². The number of imidazole rings is 1. The second-order valence-corrected chi connectivity index (χ2v) is 5.02. The Kier molecular flexibility index (Phi) is 3.65. The van der Waals surface area contributed by atoms with Crippen molar-refractivity contribution in [1.82, 2.24) is 19.9 Å².